The largest absolute Gasteiger partial charge is 0.395 e. The molecular weight excluding hydrogens is 130 g/mol. The highest BCUT2D eigenvalue weighted by atomic mass is 16.3. The molecule has 0 aromatic carbocycles. The molecule has 1 unspecified atom stereocenters. The Morgan fingerprint density at radius 2 is 2.50 bits per heavy atom. The van der Waals surface area contributed by atoms with Gasteiger partial charge in [0.2, 0.25) is 5.91 Å². The van der Waals surface area contributed by atoms with Crippen molar-refractivity contribution in [3.05, 3.63) is 0 Å². The molecule has 3 heteroatoms. The fraction of sp³-hybridized carbons (Fsp3) is 0.857. The van der Waals surface area contributed by atoms with Gasteiger partial charge in [0.15, 0.2) is 0 Å². The second-order valence-corrected chi connectivity index (χ2v) is 2.66. The number of hydrogen-bond acceptors (Lipinski definition) is 2. The zero-order chi connectivity index (χ0) is 7.56. The number of amides is 1. The Labute approximate surface area is 60.6 Å². The summed E-state index contributed by atoms with van der Waals surface area (Å²) in [6, 6.07) is 0. The quantitative estimate of drug-likeness (QED) is 0.558. The number of carbonyl (C=O) groups is 1. The molecule has 1 heterocycles. The molecule has 0 radical (unpaired) electrons. The van der Waals surface area contributed by atoms with E-state index in [0.717, 1.165) is 19.5 Å². The molecule has 0 aromatic heterocycles. The highest BCUT2D eigenvalue weighted by Crippen LogP contribution is 2.16. The topological polar surface area (TPSA) is 40.5 Å². The van der Waals surface area contributed by atoms with Crippen molar-refractivity contribution in [1.29, 1.82) is 0 Å². The smallest absolute Gasteiger partial charge is 0.229 e. The van der Waals surface area contributed by atoms with E-state index in [1.165, 1.54) is 0 Å². The molecule has 1 aliphatic heterocycles. The lowest BCUT2D eigenvalue weighted by atomic mass is 10.00. The normalized spacial score (nSPS) is 24.8. The van der Waals surface area contributed by atoms with Gasteiger partial charge >= 0.3 is 0 Å². The summed E-state index contributed by atoms with van der Waals surface area (Å²) in [4.78, 5) is 12.7. The molecule has 0 saturated carbocycles. The maximum Gasteiger partial charge on any atom is 0.229 e. The average molecular weight is 143 g/mol. The van der Waals surface area contributed by atoms with E-state index in [9.17, 15) is 4.79 Å². The summed E-state index contributed by atoms with van der Waals surface area (Å²) >= 11 is 0. The zero-order valence-electron chi connectivity index (χ0n) is 6.21. The SMILES string of the molecule is CCCN1CC(CO)C1=O. The van der Waals surface area contributed by atoms with Crippen LogP contribution in [0.15, 0.2) is 0 Å². The Kier molecular flexibility index (Phi) is 2.27. The maximum absolute atomic E-state index is 10.9. The van der Waals surface area contributed by atoms with Gasteiger partial charge in [-0.05, 0) is 6.42 Å². The molecule has 1 aliphatic rings. The van der Waals surface area contributed by atoms with Crippen LogP contribution < -0.4 is 0 Å². The second-order valence-electron chi connectivity index (χ2n) is 2.66. The van der Waals surface area contributed by atoms with Crippen LogP contribution in [0.3, 0.4) is 0 Å². The van der Waals surface area contributed by atoms with E-state index < -0.39 is 0 Å². The molecule has 1 rings (SSSR count). The van der Waals surface area contributed by atoms with Crippen molar-refractivity contribution < 1.29 is 9.90 Å². The number of β-lactam (4-membered cyclic amide) rings is 1. The number of carbonyl (C=O) groups excluding carboxylic acids is 1. The van der Waals surface area contributed by atoms with Gasteiger partial charge in [0.1, 0.15) is 0 Å². The summed E-state index contributed by atoms with van der Waals surface area (Å²) in [6.45, 7) is 3.65. The standard InChI is InChI=1S/C7H13NO2/c1-2-3-8-4-6(5-9)7(8)10/h6,9H,2-5H2,1H3. The van der Waals surface area contributed by atoms with Crippen LogP contribution in [-0.4, -0.2) is 35.6 Å². The van der Waals surface area contributed by atoms with Crippen LogP contribution >= 0.6 is 0 Å². The number of nitrogens with zero attached hydrogens (tertiary/aromatic N) is 1. The second kappa shape index (κ2) is 3.01. The Morgan fingerprint density at radius 3 is 2.90 bits per heavy atom. The first-order valence-corrected chi connectivity index (χ1v) is 3.69. The van der Waals surface area contributed by atoms with Crippen LogP contribution in [0.5, 0.6) is 0 Å². The van der Waals surface area contributed by atoms with Gasteiger partial charge in [-0.15, -0.1) is 0 Å². The number of aliphatic hydroxyl groups excluding tert-OH is 1. The molecule has 3 nitrogen and oxygen atoms in total. The van der Waals surface area contributed by atoms with Crippen LogP contribution in [0.1, 0.15) is 13.3 Å². The molecule has 1 amide bonds. The molecule has 0 aliphatic carbocycles. The van der Waals surface area contributed by atoms with Crippen LogP contribution in [-0.2, 0) is 4.79 Å². The van der Waals surface area contributed by atoms with E-state index in [4.69, 9.17) is 5.11 Å². The molecule has 1 fully saturated rings. The van der Waals surface area contributed by atoms with Gasteiger partial charge in [0.25, 0.3) is 0 Å². The van der Waals surface area contributed by atoms with Crippen LogP contribution in [0.4, 0.5) is 0 Å². The van der Waals surface area contributed by atoms with E-state index in [1.807, 2.05) is 6.92 Å². The number of likely N-dealkylation sites (tertiary alicyclic amines) is 1. The van der Waals surface area contributed by atoms with Crippen molar-refractivity contribution in [2.24, 2.45) is 5.92 Å². The van der Waals surface area contributed by atoms with Crippen molar-refractivity contribution in [2.75, 3.05) is 19.7 Å². The first-order valence-electron chi connectivity index (χ1n) is 3.69. The average Bonchev–Trinajstić information content (AvgIpc) is 1.96. The summed E-state index contributed by atoms with van der Waals surface area (Å²) in [6.07, 6.45) is 1.00. The Morgan fingerprint density at radius 1 is 1.80 bits per heavy atom. The van der Waals surface area contributed by atoms with Crippen molar-refractivity contribution in [1.82, 2.24) is 4.90 Å². The van der Waals surface area contributed by atoms with Crippen molar-refractivity contribution in [2.45, 2.75) is 13.3 Å². The number of rotatable bonds is 3. The lowest BCUT2D eigenvalue weighted by Crippen LogP contribution is -2.53. The summed E-state index contributed by atoms with van der Waals surface area (Å²) < 4.78 is 0. The molecule has 1 atom stereocenters. The van der Waals surface area contributed by atoms with Gasteiger partial charge in [-0.3, -0.25) is 4.79 Å². The van der Waals surface area contributed by atoms with E-state index in [-0.39, 0.29) is 18.4 Å². The van der Waals surface area contributed by atoms with Crippen LogP contribution in [0.25, 0.3) is 0 Å². The minimum atomic E-state index is -0.0912. The molecule has 1 saturated heterocycles. The molecular formula is C7H13NO2. The Bertz CT molecular complexity index is 136. The van der Waals surface area contributed by atoms with Crippen molar-refractivity contribution >= 4 is 5.91 Å². The zero-order valence-corrected chi connectivity index (χ0v) is 6.21. The maximum atomic E-state index is 10.9. The summed E-state index contributed by atoms with van der Waals surface area (Å²) in [7, 11) is 0. The summed E-state index contributed by atoms with van der Waals surface area (Å²) in [5, 5.41) is 8.59. The Balaban J connectivity index is 2.25. The molecule has 0 bridgehead atoms. The minimum absolute atomic E-state index is 0.0129. The van der Waals surface area contributed by atoms with E-state index in [2.05, 4.69) is 0 Å². The van der Waals surface area contributed by atoms with Gasteiger partial charge in [-0.1, -0.05) is 6.92 Å². The van der Waals surface area contributed by atoms with Gasteiger partial charge < -0.3 is 10.0 Å². The molecule has 0 spiro atoms. The Hall–Kier alpha value is -0.570. The lowest BCUT2D eigenvalue weighted by Gasteiger charge is -2.37. The molecule has 10 heavy (non-hydrogen) atoms. The summed E-state index contributed by atoms with van der Waals surface area (Å²) in [5.74, 6) is 0.0240. The lowest BCUT2D eigenvalue weighted by molar-refractivity contribution is -0.149. The predicted octanol–water partition coefficient (Wildman–Crippen LogP) is -0.153. The van der Waals surface area contributed by atoms with Crippen molar-refractivity contribution in [3.8, 4) is 0 Å². The van der Waals surface area contributed by atoms with Crippen molar-refractivity contribution in [3.63, 3.8) is 0 Å². The predicted molar refractivity (Wildman–Crippen MR) is 37.4 cm³/mol. The molecule has 0 aromatic rings. The third-order valence-electron chi connectivity index (χ3n) is 1.82. The first kappa shape index (κ1) is 7.54. The monoisotopic (exact) mass is 143 g/mol. The van der Waals surface area contributed by atoms with E-state index >= 15 is 0 Å². The van der Waals surface area contributed by atoms with Gasteiger partial charge in [-0.2, -0.15) is 0 Å². The van der Waals surface area contributed by atoms with E-state index in [1.54, 1.807) is 4.90 Å². The van der Waals surface area contributed by atoms with Crippen LogP contribution in [0.2, 0.25) is 0 Å². The third-order valence-corrected chi connectivity index (χ3v) is 1.82. The van der Waals surface area contributed by atoms with Gasteiger partial charge in [0, 0.05) is 13.1 Å². The molecule has 58 valence electrons. The number of aliphatic hydroxyl groups is 1. The van der Waals surface area contributed by atoms with Gasteiger partial charge in [-0.25, -0.2) is 0 Å². The van der Waals surface area contributed by atoms with Gasteiger partial charge in [0.05, 0.1) is 12.5 Å². The fourth-order valence-electron chi connectivity index (χ4n) is 1.19. The summed E-state index contributed by atoms with van der Waals surface area (Å²) in [5.41, 5.74) is 0. The molecule has 1 N–H and O–H groups in total. The first-order chi connectivity index (χ1) is 4.79. The number of hydrogen-bond donors (Lipinski definition) is 1. The minimum Gasteiger partial charge on any atom is -0.395 e. The fourth-order valence-corrected chi connectivity index (χ4v) is 1.19. The van der Waals surface area contributed by atoms with E-state index in [0.29, 0.717) is 0 Å². The van der Waals surface area contributed by atoms with Crippen LogP contribution in [0, 0.1) is 5.92 Å². The third kappa shape index (κ3) is 1.14. The highest BCUT2D eigenvalue weighted by molar-refractivity contribution is 5.84. The highest BCUT2D eigenvalue weighted by Gasteiger charge is 2.34.